The van der Waals surface area contributed by atoms with Gasteiger partial charge in [-0.2, -0.15) is 11.8 Å². The summed E-state index contributed by atoms with van der Waals surface area (Å²) in [6, 6.07) is 5.03. The Kier molecular flexibility index (Phi) is 3.99. The van der Waals surface area contributed by atoms with Gasteiger partial charge in [0.15, 0.2) is 0 Å². The van der Waals surface area contributed by atoms with Crippen molar-refractivity contribution in [1.29, 1.82) is 0 Å². The van der Waals surface area contributed by atoms with Gasteiger partial charge in [0.1, 0.15) is 0 Å². The predicted molar refractivity (Wildman–Crippen MR) is 73.4 cm³/mol. The molecular weight excluding hydrogens is 250 g/mol. The van der Waals surface area contributed by atoms with Crippen molar-refractivity contribution in [2.24, 2.45) is 0 Å². The fraction of sp³-hybridized carbons (Fsp3) is 0.250. The maximum Gasteiger partial charge on any atom is 0.337 e. The van der Waals surface area contributed by atoms with Crippen molar-refractivity contribution in [2.45, 2.75) is 0 Å². The summed E-state index contributed by atoms with van der Waals surface area (Å²) in [6.45, 7) is 0.752. The summed E-state index contributed by atoms with van der Waals surface area (Å²) in [7, 11) is 0. The molecule has 6 heteroatoms. The number of anilines is 1. The first-order valence-electron chi connectivity index (χ1n) is 5.44. The van der Waals surface area contributed by atoms with Gasteiger partial charge in [-0.15, -0.1) is 0 Å². The molecule has 1 aromatic carbocycles. The lowest BCUT2D eigenvalue weighted by atomic mass is 10.1. The number of para-hydroxylation sites is 1. The fourth-order valence-electron chi connectivity index (χ4n) is 1.58. The number of benzene rings is 1. The van der Waals surface area contributed by atoms with Crippen molar-refractivity contribution in [3.05, 3.63) is 30.0 Å². The lowest BCUT2D eigenvalue weighted by Crippen LogP contribution is -2.08. The van der Waals surface area contributed by atoms with Gasteiger partial charge in [-0.3, -0.25) is 0 Å². The maximum absolute atomic E-state index is 11.1. The number of nitrogens with zero attached hydrogens (tertiary/aromatic N) is 2. The second kappa shape index (κ2) is 5.68. The Balaban J connectivity index is 2.36. The number of hydrogen-bond donors (Lipinski definition) is 2. The Labute approximate surface area is 109 Å². The van der Waals surface area contributed by atoms with Crippen molar-refractivity contribution < 1.29 is 9.90 Å². The number of aromatic nitrogens is 2. The average molecular weight is 263 g/mol. The summed E-state index contributed by atoms with van der Waals surface area (Å²) in [4.78, 5) is 19.5. The van der Waals surface area contributed by atoms with Gasteiger partial charge >= 0.3 is 5.97 Å². The molecule has 0 aliphatic rings. The zero-order valence-corrected chi connectivity index (χ0v) is 10.7. The van der Waals surface area contributed by atoms with Crippen LogP contribution in [0.1, 0.15) is 10.4 Å². The number of aromatic carboxylic acids is 1. The van der Waals surface area contributed by atoms with Crippen molar-refractivity contribution in [1.82, 2.24) is 9.97 Å². The van der Waals surface area contributed by atoms with Crippen LogP contribution in [0.5, 0.6) is 0 Å². The average Bonchev–Trinajstić information content (AvgIpc) is 2.38. The van der Waals surface area contributed by atoms with Crippen LogP contribution in [0.3, 0.4) is 0 Å². The van der Waals surface area contributed by atoms with Crippen LogP contribution in [0, 0.1) is 0 Å². The number of hydrogen-bond acceptors (Lipinski definition) is 5. The van der Waals surface area contributed by atoms with Gasteiger partial charge in [0, 0.05) is 23.9 Å². The normalized spacial score (nSPS) is 10.5. The highest BCUT2D eigenvalue weighted by molar-refractivity contribution is 7.98. The van der Waals surface area contributed by atoms with E-state index in [1.165, 1.54) is 0 Å². The molecule has 94 valence electrons. The highest BCUT2D eigenvalue weighted by atomic mass is 32.2. The van der Waals surface area contributed by atoms with Gasteiger partial charge in [-0.1, -0.05) is 12.1 Å². The summed E-state index contributed by atoms with van der Waals surface area (Å²) in [5.74, 6) is 0.432. The van der Waals surface area contributed by atoms with E-state index in [0.29, 0.717) is 11.5 Å². The van der Waals surface area contributed by atoms with E-state index in [1.54, 1.807) is 36.2 Å². The minimum atomic E-state index is -0.977. The van der Waals surface area contributed by atoms with Crippen molar-refractivity contribution >= 4 is 34.6 Å². The van der Waals surface area contributed by atoms with E-state index in [1.807, 2.05) is 6.26 Å². The molecule has 2 N–H and O–H groups in total. The molecule has 1 heterocycles. The number of carboxylic acids is 1. The molecule has 2 aromatic rings. The molecule has 0 aliphatic carbocycles. The Morgan fingerprint density at radius 2 is 2.33 bits per heavy atom. The second-order valence-corrected chi connectivity index (χ2v) is 4.65. The van der Waals surface area contributed by atoms with Gasteiger partial charge in [-0.05, 0) is 12.3 Å². The summed E-state index contributed by atoms with van der Waals surface area (Å²) in [5.41, 5.74) is 0.662. The molecule has 0 fully saturated rings. The molecule has 0 aliphatic heterocycles. The first-order valence-corrected chi connectivity index (χ1v) is 6.83. The zero-order chi connectivity index (χ0) is 13.0. The van der Waals surface area contributed by atoms with Gasteiger partial charge in [0.2, 0.25) is 5.95 Å². The molecule has 0 spiro atoms. The van der Waals surface area contributed by atoms with E-state index in [-0.39, 0.29) is 5.56 Å². The molecule has 0 radical (unpaired) electrons. The molecule has 0 saturated carbocycles. The molecular formula is C12H13N3O2S. The topological polar surface area (TPSA) is 75.1 Å². The number of thioether (sulfide) groups is 1. The lowest BCUT2D eigenvalue weighted by Gasteiger charge is -2.06. The van der Waals surface area contributed by atoms with Crippen LogP contribution in [-0.4, -0.2) is 39.6 Å². The lowest BCUT2D eigenvalue weighted by molar-refractivity contribution is 0.0699. The summed E-state index contributed by atoms with van der Waals surface area (Å²) < 4.78 is 0. The van der Waals surface area contributed by atoms with E-state index in [2.05, 4.69) is 15.3 Å². The highest BCUT2D eigenvalue weighted by Crippen LogP contribution is 2.17. The van der Waals surface area contributed by atoms with Crippen LogP contribution in [0.2, 0.25) is 0 Å². The van der Waals surface area contributed by atoms with Gasteiger partial charge < -0.3 is 10.4 Å². The van der Waals surface area contributed by atoms with Crippen LogP contribution in [-0.2, 0) is 0 Å². The Morgan fingerprint density at radius 3 is 3.06 bits per heavy atom. The van der Waals surface area contributed by atoms with E-state index in [4.69, 9.17) is 5.11 Å². The van der Waals surface area contributed by atoms with Crippen molar-refractivity contribution in [3.63, 3.8) is 0 Å². The Bertz CT molecular complexity index is 574. The molecule has 0 unspecified atom stereocenters. The highest BCUT2D eigenvalue weighted by Gasteiger charge is 2.10. The van der Waals surface area contributed by atoms with E-state index in [0.717, 1.165) is 17.7 Å². The van der Waals surface area contributed by atoms with Crippen LogP contribution >= 0.6 is 11.8 Å². The van der Waals surface area contributed by atoms with Gasteiger partial charge in [0.25, 0.3) is 0 Å². The van der Waals surface area contributed by atoms with Crippen molar-refractivity contribution in [3.8, 4) is 0 Å². The van der Waals surface area contributed by atoms with Crippen LogP contribution < -0.4 is 5.32 Å². The molecule has 2 rings (SSSR count). The maximum atomic E-state index is 11.1. The summed E-state index contributed by atoms with van der Waals surface area (Å²) >= 11 is 1.72. The standard InChI is InChI=1S/C12H13N3O2S/c1-18-6-5-13-12-14-7-8-3-2-4-9(11(16)17)10(8)15-12/h2-4,7H,5-6H2,1H3,(H,16,17)(H,13,14,15). The number of carboxylic acid groups (broad SMARTS) is 1. The number of nitrogens with one attached hydrogen (secondary N) is 1. The quantitative estimate of drug-likeness (QED) is 0.805. The van der Waals surface area contributed by atoms with Crippen LogP contribution in [0.15, 0.2) is 24.4 Å². The molecule has 0 atom stereocenters. The number of carbonyl (C=O) groups is 1. The Hall–Kier alpha value is -1.82. The summed E-state index contributed by atoms with van der Waals surface area (Å²) in [6.07, 6.45) is 3.65. The van der Waals surface area contributed by atoms with Gasteiger partial charge in [-0.25, -0.2) is 14.8 Å². The van der Waals surface area contributed by atoms with Crippen molar-refractivity contribution in [2.75, 3.05) is 23.9 Å². The molecule has 1 aromatic heterocycles. The Morgan fingerprint density at radius 1 is 1.50 bits per heavy atom. The minimum absolute atomic E-state index is 0.197. The monoisotopic (exact) mass is 263 g/mol. The molecule has 0 amide bonds. The third-order valence-corrected chi connectivity index (χ3v) is 3.04. The largest absolute Gasteiger partial charge is 0.478 e. The number of rotatable bonds is 5. The van der Waals surface area contributed by atoms with Crippen LogP contribution in [0.4, 0.5) is 5.95 Å². The van der Waals surface area contributed by atoms with Crippen LogP contribution in [0.25, 0.3) is 10.9 Å². The smallest absolute Gasteiger partial charge is 0.337 e. The van der Waals surface area contributed by atoms with E-state index < -0.39 is 5.97 Å². The predicted octanol–water partition coefficient (Wildman–Crippen LogP) is 2.10. The van der Waals surface area contributed by atoms with E-state index in [9.17, 15) is 4.79 Å². The SMILES string of the molecule is CSCCNc1ncc2cccc(C(=O)O)c2n1. The second-order valence-electron chi connectivity index (χ2n) is 3.66. The molecule has 0 bridgehead atoms. The van der Waals surface area contributed by atoms with Gasteiger partial charge in [0.05, 0.1) is 11.1 Å². The third kappa shape index (κ3) is 2.70. The van der Waals surface area contributed by atoms with E-state index >= 15 is 0 Å². The number of fused-ring (bicyclic) bond motifs is 1. The molecule has 0 saturated heterocycles. The zero-order valence-electron chi connectivity index (χ0n) is 9.88. The third-order valence-electron chi connectivity index (χ3n) is 2.43. The molecule has 18 heavy (non-hydrogen) atoms. The summed E-state index contributed by atoms with van der Waals surface area (Å²) in [5, 5.41) is 12.9. The fourth-order valence-corrected chi connectivity index (χ4v) is 1.88. The minimum Gasteiger partial charge on any atom is -0.478 e. The first-order chi connectivity index (χ1) is 8.72. The molecule has 5 nitrogen and oxygen atoms in total. The first kappa shape index (κ1) is 12.6.